The maximum atomic E-state index is 7.38. The molecule has 0 aromatic rings. The molecule has 0 bridgehead atoms. The average molecular weight is 141 g/mol. The van der Waals surface area contributed by atoms with Crippen LogP contribution in [-0.4, -0.2) is 44.3 Å². The van der Waals surface area contributed by atoms with Crippen LogP contribution >= 0.6 is 0 Å². The van der Waals surface area contributed by atoms with E-state index in [9.17, 15) is 0 Å². The van der Waals surface area contributed by atoms with Gasteiger partial charge in [-0.05, 0) is 0 Å². The van der Waals surface area contributed by atoms with Gasteiger partial charge < -0.3 is 0 Å². The van der Waals surface area contributed by atoms with E-state index in [1.54, 1.807) is 0 Å². The van der Waals surface area contributed by atoms with Gasteiger partial charge in [0, 0.05) is 0 Å². The van der Waals surface area contributed by atoms with Gasteiger partial charge in [0.1, 0.15) is 0 Å². The zero-order valence-corrected chi connectivity index (χ0v) is 3.85. The predicted octanol–water partition coefficient (Wildman–Crippen LogP) is -2.77. The summed E-state index contributed by atoms with van der Waals surface area (Å²) in [7, 11) is 0. The second-order valence-electron chi connectivity index (χ2n) is 0.600. The van der Waals surface area contributed by atoms with Crippen LogP contribution in [-0.2, 0) is 18.1 Å². The Morgan fingerprint density at radius 3 is 1.00 bits per heavy atom. The van der Waals surface area contributed by atoms with Crippen molar-refractivity contribution < 1.29 is 34.3 Å². The third kappa shape index (κ3) is 47.7. The Labute approximate surface area is 63.5 Å². The Bertz CT molecular complexity index is 27.2. The van der Waals surface area contributed by atoms with Gasteiger partial charge >= 0.3 is 63.9 Å². The summed E-state index contributed by atoms with van der Waals surface area (Å²) in [5.41, 5.74) is 0. The third-order valence-corrected chi connectivity index (χ3v) is 0. The molecule has 0 aliphatic carbocycles. The Hall–Kier alpha value is 1.55. The van der Waals surface area contributed by atoms with Gasteiger partial charge in [-0.2, -0.15) is 0 Å². The fourth-order valence-electron chi connectivity index (χ4n) is 0. The van der Waals surface area contributed by atoms with Crippen molar-refractivity contribution in [2.45, 2.75) is 0 Å². The molecule has 0 aromatic carbocycles. The number of rotatable bonds is 0. The summed E-state index contributed by atoms with van der Waals surface area (Å²) >= 11 is -5.00. The van der Waals surface area contributed by atoms with E-state index in [-0.39, 0.29) is 31.0 Å². The standard InChI is InChI=1S/Na.4H2O.Ti.H/h;4*1H2;;/q;;;;;+4;/p-3. The molecule has 4 N–H and O–H groups in total. The fraction of sp³-hybridized carbons (Fsp3) is 0. The van der Waals surface area contributed by atoms with Gasteiger partial charge in [0.2, 0.25) is 0 Å². The predicted molar refractivity (Wildman–Crippen MR) is 17.1 cm³/mol. The third-order valence-electron chi connectivity index (χ3n) is 0. The molecular weight excluding hydrogens is 135 g/mol. The monoisotopic (exact) mass is 141 g/mol. The van der Waals surface area contributed by atoms with Crippen molar-refractivity contribution in [3.8, 4) is 0 Å². The quantitative estimate of drug-likeness (QED) is 0.275. The first kappa shape index (κ1) is 10.5. The van der Waals surface area contributed by atoms with Gasteiger partial charge in [-0.15, -0.1) is 0 Å². The summed E-state index contributed by atoms with van der Waals surface area (Å²) in [5.74, 6) is 0. The Morgan fingerprint density at radius 1 is 1.00 bits per heavy atom. The van der Waals surface area contributed by atoms with Crippen LogP contribution in [0.2, 0.25) is 0 Å². The molecule has 6 heavy (non-hydrogen) atoms. The molecule has 0 heterocycles. The topological polar surface area (TPSA) is 80.9 Å². The van der Waals surface area contributed by atoms with Crippen molar-refractivity contribution in [2.75, 3.05) is 0 Å². The molecule has 0 fully saturated rings. The molecule has 34 valence electrons. The molecule has 0 rings (SSSR count). The number of hydrogen-bond donors (Lipinski definition) is 4. The van der Waals surface area contributed by atoms with Crippen LogP contribution in [0.3, 0.4) is 0 Å². The van der Waals surface area contributed by atoms with Gasteiger partial charge in [-0.25, -0.2) is 0 Å². The molecular formula is H6NaO4Ti+. The van der Waals surface area contributed by atoms with Gasteiger partial charge in [0.15, 0.2) is 0 Å². The van der Waals surface area contributed by atoms with Crippen molar-refractivity contribution in [3.63, 3.8) is 0 Å². The molecule has 0 unspecified atom stereocenters. The molecule has 6 heteroatoms. The molecule has 4 nitrogen and oxygen atoms in total. The maximum absolute atomic E-state index is 7.38. The first-order chi connectivity index (χ1) is 2.00. The summed E-state index contributed by atoms with van der Waals surface area (Å²) in [5, 5.41) is 0. The molecule has 0 saturated carbocycles. The van der Waals surface area contributed by atoms with E-state index in [4.69, 9.17) is 14.8 Å². The van der Waals surface area contributed by atoms with E-state index in [1.165, 1.54) is 0 Å². The van der Waals surface area contributed by atoms with Crippen LogP contribution in [0, 0.1) is 0 Å². The van der Waals surface area contributed by atoms with Crippen molar-refractivity contribution in [1.29, 1.82) is 0 Å². The van der Waals surface area contributed by atoms with Crippen LogP contribution in [0.15, 0.2) is 0 Å². The van der Waals surface area contributed by atoms with E-state index in [0.717, 1.165) is 0 Å². The Kier molecular flexibility index (Phi) is 6.21. The molecule has 0 spiro atoms. The minimum atomic E-state index is -5.00. The SMILES string of the molecule is [H+].[NaH].[OH][Ti]([OH])([OH])[OH]. The van der Waals surface area contributed by atoms with Crippen molar-refractivity contribution in [1.82, 2.24) is 0 Å². The van der Waals surface area contributed by atoms with Crippen LogP contribution in [0.1, 0.15) is 1.43 Å². The Morgan fingerprint density at radius 2 is 1.00 bits per heavy atom. The molecule has 0 aromatic heterocycles. The van der Waals surface area contributed by atoms with Crippen LogP contribution in [0.5, 0.6) is 0 Å². The number of hydrogen-bond acceptors (Lipinski definition) is 4. The molecule has 0 aliphatic rings. The first-order valence-corrected chi connectivity index (χ1v) is 3.69. The molecule has 0 amide bonds. The van der Waals surface area contributed by atoms with E-state index >= 15 is 0 Å². The molecule has 0 saturated heterocycles. The van der Waals surface area contributed by atoms with Crippen LogP contribution < -0.4 is 0 Å². The van der Waals surface area contributed by atoms with Gasteiger partial charge in [0.05, 0.1) is 0 Å². The summed E-state index contributed by atoms with van der Waals surface area (Å²) in [6, 6.07) is 0. The van der Waals surface area contributed by atoms with E-state index in [2.05, 4.69) is 0 Å². The fourth-order valence-corrected chi connectivity index (χ4v) is 0. The van der Waals surface area contributed by atoms with Crippen molar-refractivity contribution in [3.05, 3.63) is 0 Å². The zero-order valence-electron chi connectivity index (χ0n) is 3.29. The Balaban J connectivity index is -0.0000000800. The van der Waals surface area contributed by atoms with Gasteiger partial charge in [0.25, 0.3) is 0 Å². The summed E-state index contributed by atoms with van der Waals surface area (Å²) in [6.07, 6.45) is 0. The second-order valence-corrected chi connectivity index (χ2v) is 2.47. The van der Waals surface area contributed by atoms with E-state index in [0.29, 0.717) is 0 Å². The molecule has 0 radical (unpaired) electrons. The van der Waals surface area contributed by atoms with Crippen molar-refractivity contribution >= 4 is 29.6 Å². The first-order valence-electron chi connectivity index (χ1n) is 0.894. The van der Waals surface area contributed by atoms with E-state index in [1.807, 2.05) is 0 Å². The van der Waals surface area contributed by atoms with Crippen molar-refractivity contribution in [2.24, 2.45) is 0 Å². The van der Waals surface area contributed by atoms with Gasteiger partial charge in [-0.1, -0.05) is 0 Å². The molecule has 0 atom stereocenters. The second kappa shape index (κ2) is 3.54. The summed E-state index contributed by atoms with van der Waals surface area (Å²) < 4.78 is 29.5. The summed E-state index contributed by atoms with van der Waals surface area (Å²) in [4.78, 5) is 0. The zero-order chi connectivity index (χ0) is 4.50. The summed E-state index contributed by atoms with van der Waals surface area (Å²) in [6.45, 7) is 0. The van der Waals surface area contributed by atoms with Crippen LogP contribution in [0.4, 0.5) is 0 Å². The van der Waals surface area contributed by atoms with Crippen LogP contribution in [0.25, 0.3) is 0 Å². The average Bonchev–Trinajstić information content (AvgIpc) is 0.722. The normalized spacial score (nSPS) is 10.0. The molecule has 0 aliphatic heterocycles. The minimum absolute atomic E-state index is 0. The van der Waals surface area contributed by atoms with E-state index < -0.39 is 18.1 Å². The van der Waals surface area contributed by atoms with Gasteiger partial charge in [-0.3, -0.25) is 0 Å².